The molecular weight excluding hydrogens is 264 g/mol. The maximum absolute atomic E-state index is 11.6. The van der Waals surface area contributed by atoms with E-state index in [9.17, 15) is 4.79 Å². The predicted octanol–water partition coefficient (Wildman–Crippen LogP) is 1.76. The number of carbonyl (C=O) groups is 1. The van der Waals surface area contributed by atoms with Gasteiger partial charge in [-0.2, -0.15) is 15.0 Å². The molecule has 0 fully saturated rings. The van der Waals surface area contributed by atoms with Crippen molar-refractivity contribution in [2.45, 2.75) is 6.54 Å². The second-order valence-electron chi connectivity index (χ2n) is 3.77. The zero-order chi connectivity index (χ0) is 13.5. The minimum absolute atomic E-state index is 0.174. The molecule has 0 saturated carbocycles. The van der Waals surface area contributed by atoms with Gasteiger partial charge in [-0.1, -0.05) is 29.8 Å². The van der Waals surface area contributed by atoms with Crippen LogP contribution in [0.3, 0.4) is 0 Å². The van der Waals surface area contributed by atoms with Gasteiger partial charge < -0.3 is 5.32 Å². The van der Waals surface area contributed by atoms with E-state index in [1.54, 1.807) is 24.5 Å². The average molecular weight is 277 g/mol. The van der Waals surface area contributed by atoms with Crippen LogP contribution in [0.25, 0.3) is 6.08 Å². The summed E-state index contributed by atoms with van der Waals surface area (Å²) >= 11 is 5.98. The van der Waals surface area contributed by atoms with Crippen LogP contribution < -0.4 is 5.32 Å². The molecule has 5 nitrogen and oxygen atoms in total. The van der Waals surface area contributed by atoms with Crippen molar-refractivity contribution in [2.24, 2.45) is 0 Å². The highest BCUT2D eigenvalue weighted by atomic mass is 35.5. The molecule has 1 N–H and O–H groups in total. The van der Waals surface area contributed by atoms with Crippen LogP contribution >= 0.6 is 11.6 Å². The first-order chi connectivity index (χ1) is 9.25. The van der Waals surface area contributed by atoms with Gasteiger partial charge in [-0.25, -0.2) is 0 Å². The molecule has 1 amide bonds. The van der Waals surface area contributed by atoms with Gasteiger partial charge in [-0.3, -0.25) is 4.79 Å². The van der Waals surface area contributed by atoms with Crippen molar-refractivity contribution in [3.8, 4) is 0 Å². The van der Waals surface area contributed by atoms with Crippen LogP contribution in [0.2, 0.25) is 5.02 Å². The molecule has 0 atom stereocenters. The normalized spacial score (nSPS) is 10.8. The van der Waals surface area contributed by atoms with Crippen molar-refractivity contribution >= 4 is 23.6 Å². The molecule has 98 valence electrons. The first-order valence-corrected chi connectivity index (χ1v) is 6.18. The second-order valence-corrected chi connectivity index (χ2v) is 4.18. The number of nitrogens with one attached hydrogen (secondary N) is 1. The van der Waals surface area contributed by atoms with Crippen LogP contribution in [-0.4, -0.2) is 27.4 Å². The van der Waals surface area contributed by atoms with Crippen molar-refractivity contribution in [1.82, 2.24) is 20.3 Å². The van der Waals surface area contributed by atoms with Crippen LogP contribution in [0.15, 0.2) is 42.7 Å². The summed E-state index contributed by atoms with van der Waals surface area (Å²) in [6.45, 7) is 1.01. The number of benzene rings is 1. The number of rotatable bonds is 5. The number of halogens is 1. The summed E-state index contributed by atoms with van der Waals surface area (Å²) in [5.41, 5.74) is 0.813. The Balaban J connectivity index is 1.79. The molecule has 2 aromatic rings. The minimum atomic E-state index is -0.174. The number of aromatic nitrogens is 3. The molecule has 19 heavy (non-hydrogen) atoms. The molecule has 0 radical (unpaired) electrons. The highest BCUT2D eigenvalue weighted by Crippen LogP contribution is 2.15. The Labute approximate surface area is 115 Å². The molecular formula is C13H13ClN4O. The third-order valence-electron chi connectivity index (χ3n) is 2.40. The number of carbonyl (C=O) groups excluding carboxylic acids is 1. The first-order valence-electron chi connectivity index (χ1n) is 5.80. The minimum Gasteiger partial charge on any atom is -0.351 e. The van der Waals surface area contributed by atoms with E-state index >= 15 is 0 Å². The highest BCUT2D eigenvalue weighted by Gasteiger charge is 1.98. The Morgan fingerprint density at radius 1 is 1.32 bits per heavy atom. The maximum atomic E-state index is 11.6. The third kappa shape index (κ3) is 4.22. The van der Waals surface area contributed by atoms with Crippen LogP contribution in [0.1, 0.15) is 5.56 Å². The van der Waals surface area contributed by atoms with Gasteiger partial charge in [0.25, 0.3) is 0 Å². The van der Waals surface area contributed by atoms with Crippen molar-refractivity contribution in [1.29, 1.82) is 0 Å². The summed E-state index contributed by atoms with van der Waals surface area (Å²) < 4.78 is 0. The van der Waals surface area contributed by atoms with Crippen LogP contribution in [-0.2, 0) is 11.3 Å². The Morgan fingerprint density at radius 2 is 2.05 bits per heavy atom. The van der Waals surface area contributed by atoms with Crippen molar-refractivity contribution in [3.05, 3.63) is 53.3 Å². The highest BCUT2D eigenvalue weighted by molar-refractivity contribution is 6.32. The third-order valence-corrected chi connectivity index (χ3v) is 2.74. The molecule has 1 aromatic heterocycles. The molecule has 0 aliphatic heterocycles. The van der Waals surface area contributed by atoms with Crippen molar-refractivity contribution < 1.29 is 4.79 Å². The Hall–Kier alpha value is -2.14. The van der Waals surface area contributed by atoms with E-state index in [1.165, 1.54) is 10.9 Å². The van der Waals surface area contributed by atoms with Gasteiger partial charge >= 0.3 is 0 Å². The van der Waals surface area contributed by atoms with E-state index in [0.29, 0.717) is 18.1 Å². The molecule has 1 aromatic carbocycles. The summed E-state index contributed by atoms with van der Waals surface area (Å²) in [6.07, 6.45) is 6.33. The fourth-order valence-corrected chi connectivity index (χ4v) is 1.67. The summed E-state index contributed by atoms with van der Waals surface area (Å²) in [7, 11) is 0. The van der Waals surface area contributed by atoms with Crippen LogP contribution in [0.5, 0.6) is 0 Å². The van der Waals surface area contributed by atoms with E-state index in [2.05, 4.69) is 15.5 Å². The zero-order valence-electron chi connectivity index (χ0n) is 10.2. The Kier molecular flexibility index (Phi) is 4.69. The van der Waals surface area contributed by atoms with E-state index in [4.69, 9.17) is 11.6 Å². The fraction of sp³-hybridized carbons (Fsp3) is 0.154. The van der Waals surface area contributed by atoms with E-state index in [-0.39, 0.29) is 5.91 Å². The number of nitrogens with zero attached hydrogens (tertiary/aromatic N) is 3. The first kappa shape index (κ1) is 13.3. The van der Waals surface area contributed by atoms with Gasteiger partial charge in [0.2, 0.25) is 5.91 Å². The average Bonchev–Trinajstić information content (AvgIpc) is 2.91. The lowest BCUT2D eigenvalue weighted by atomic mass is 10.2. The van der Waals surface area contributed by atoms with Gasteiger partial charge in [0.05, 0.1) is 18.9 Å². The lowest BCUT2D eigenvalue weighted by Gasteiger charge is -2.01. The lowest BCUT2D eigenvalue weighted by molar-refractivity contribution is -0.116. The molecule has 0 bridgehead atoms. The number of hydrogen-bond acceptors (Lipinski definition) is 3. The second kappa shape index (κ2) is 6.70. The van der Waals surface area contributed by atoms with Gasteiger partial charge in [0.15, 0.2) is 0 Å². The maximum Gasteiger partial charge on any atom is 0.244 e. The quantitative estimate of drug-likeness (QED) is 0.847. The van der Waals surface area contributed by atoms with Crippen molar-refractivity contribution in [3.63, 3.8) is 0 Å². The SMILES string of the molecule is O=C(/C=C/c1ccccc1Cl)NCCn1nccn1. The lowest BCUT2D eigenvalue weighted by Crippen LogP contribution is -2.26. The molecule has 0 saturated heterocycles. The summed E-state index contributed by atoms with van der Waals surface area (Å²) in [4.78, 5) is 13.1. The monoisotopic (exact) mass is 276 g/mol. The van der Waals surface area contributed by atoms with Gasteiger partial charge in [-0.15, -0.1) is 0 Å². The topological polar surface area (TPSA) is 59.8 Å². The molecule has 1 heterocycles. The van der Waals surface area contributed by atoms with Crippen molar-refractivity contribution in [2.75, 3.05) is 6.54 Å². The molecule has 6 heteroatoms. The summed E-state index contributed by atoms with van der Waals surface area (Å²) in [6, 6.07) is 7.34. The smallest absolute Gasteiger partial charge is 0.244 e. The largest absolute Gasteiger partial charge is 0.351 e. The number of amides is 1. The van der Waals surface area contributed by atoms with Gasteiger partial charge in [0, 0.05) is 17.6 Å². The zero-order valence-corrected chi connectivity index (χ0v) is 10.9. The van der Waals surface area contributed by atoms with Crippen LogP contribution in [0, 0.1) is 0 Å². The van der Waals surface area contributed by atoms with E-state index in [1.807, 2.05) is 18.2 Å². The standard InChI is InChI=1S/C13H13ClN4O/c14-12-4-2-1-3-11(12)5-6-13(19)15-9-10-18-16-7-8-17-18/h1-8H,9-10H2,(H,15,19)/b6-5+. The molecule has 0 aliphatic rings. The molecule has 0 unspecified atom stereocenters. The predicted molar refractivity (Wildman–Crippen MR) is 73.5 cm³/mol. The summed E-state index contributed by atoms with van der Waals surface area (Å²) in [5, 5.41) is 11.2. The molecule has 2 rings (SSSR count). The van der Waals surface area contributed by atoms with Gasteiger partial charge in [-0.05, 0) is 17.7 Å². The Morgan fingerprint density at radius 3 is 2.79 bits per heavy atom. The molecule has 0 spiro atoms. The van der Waals surface area contributed by atoms with Gasteiger partial charge in [0.1, 0.15) is 0 Å². The van der Waals surface area contributed by atoms with Crippen LogP contribution in [0.4, 0.5) is 0 Å². The van der Waals surface area contributed by atoms with E-state index in [0.717, 1.165) is 5.56 Å². The summed E-state index contributed by atoms with van der Waals surface area (Å²) in [5.74, 6) is -0.174. The number of hydrogen-bond donors (Lipinski definition) is 1. The molecule has 0 aliphatic carbocycles. The fourth-order valence-electron chi connectivity index (χ4n) is 1.47. The van der Waals surface area contributed by atoms with E-state index < -0.39 is 0 Å². The Bertz CT molecular complexity index is 566.